The number of benzene rings is 1. The van der Waals surface area contributed by atoms with Crippen LogP contribution in [0.15, 0.2) is 35.0 Å². The quantitative estimate of drug-likeness (QED) is 0.893. The molecule has 2 aromatic rings. The first kappa shape index (κ1) is 16.0. The van der Waals surface area contributed by atoms with E-state index in [-0.39, 0.29) is 17.1 Å². The summed E-state index contributed by atoms with van der Waals surface area (Å²) in [6.45, 7) is 0.593. The molecule has 0 spiro atoms. The molecule has 5 heteroatoms. The molecule has 1 aromatic carbocycles. The topological polar surface area (TPSA) is 38.3 Å². The number of rotatable bonds is 5. The Hall–Kier alpha value is -1.88. The van der Waals surface area contributed by atoms with Crippen LogP contribution in [0, 0.1) is 5.82 Å². The van der Waals surface area contributed by atoms with Crippen molar-refractivity contribution in [1.82, 2.24) is 5.32 Å². The molecule has 0 atom stereocenters. The molecule has 1 aromatic heterocycles. The van der Waals surface area contributed by atoms with Crippen LogP contribution >= 0.6 is 11.3 Å². The summed E-state index contributed by atoms with van der Waals surface area (Å²) in [5, 5.41) is 7.24. The number of methoxy groups -OCH3 is 1. The normalized spacial score (nSPS) is 16.3. The van der Waals surface area contributed by atoms with Gasteiger partial charge in [-0.2, -0.15) is 11.3 Å². The van der Waals surface area contributed by atoms with Crippen LogP contribution in [0.4, 0.5) is 4.39 Å². The number of thiophene rings is 1. The maximum atomic E-state index is 13.7. The maximum absolute atomic E-state index is 13.7. The van der Waals surface area contributed by atoms with Gasteiger partial charge in [0.25, 0.3) is 5.91 Å². The van der Waals surface area contributed by atoms with Gasteiger partial charge in [-0.15, -0.1) is 0 Å². The summed E-state index contributed by atoms with van der Waals surface area (Å²) in [4.78, 5) is 12.3. The first-order valence-electron chi connectivity index (χ1n) is 7.79. The molecular formula is C18H20FNO2S. The van der Waals surface area contributed by atoms with Crippen LogP contribution in [-0.2, 0) is 5.41 Å². The average Bonchev–Trinajstić information content (AvgIpc) is 3.24. The summed E-state index contributed by atoms with van der Waals surface area (Å²) in [7, 11) is 1.41. The number of halogens is 1. The SMILES string of the molecule is COc1ccc(C(=O)NCC2(c3ccsc3)CCCC2)cc1F. The van der Waals surface area contributed by atoms with E-state index in [1.165, 1.54) is 37.6 Å². The zero-order valence-corrected chi connectivity index (χ0v) is 13.9. The minimum Gasteiger partial charge on any atom is -0.494 e. The largest absolute Gasteiger partial charge is 0.494 e. The lowest BCUT2D eigenvalue weighted by atomic mass is 9.80. The lowest BCUT2D eigenvalue weighted by Crippen LogP contribution is -2.38. The third kappa shape index (κ3) is 3.24. The van der Waals surface area contributed by atoms with Gasteiger partial charge in [0.2, 0.25) is 0 Å². The van der Waals surface area contributed by atoms with Gasteiger partial charge in [0.05, 0.1) is 7.11 Å². The second-order valence-corrected chi connectivity index (χ2v) is 6.81. The number of hydrogen-bond donors (Lipinski definition) is 1. The average molecular weight is 333 g/mol. The van der Waals surface area contributed by atoms with E-state index >= 15 is 0 Å². The van der Waals surface area contributed by atoms with Crippen molar-refractivity contribution in [1.29, 1.82) is 0 Å². The van der Waals surface area contributed by atoms with Crippen LogP contribution in [0.25, 0.3) is 0 Å². The first-order valence-corrected chi connectivity index (χ1v) is 8.73. The van der Waals surface area contributed by atoms with Crippen LogP contribution in [0.2, 0.25) is 0 Å². The van der Waals surface area contributed by atoms with Crippen LogP contribution in [0.5, 0.6) is 5.75 Å². The molecule has 0 bridgehead atoms. The zero-order chi connectivity index (χ0) is 16.3. The van der Waals surface area contributed by atoms with Crippen molar-refractivity contribution < 1.29 is 13.9 Å². The summed E-state index contributed by atoms with van der Waals surface area (Å²) < 4.78 is 18.6. The van der Waals surface area contributed by atoms with E-state index in [4.69, 9.17) is 4.74 Å². The fraction of sp³-hybridized carbons (Fsp3) is 0.389. The molecule has 1 fully saturated rings. The van der Waals surface area contributed by atoms with E-state index in [2.05, 4.69) is 22.1 Å². The van der Waals surface area contributed by atoms with Crippen molar-refractivity contribution in [2.24, 2.45) is 0 Å². The Labute approximate surface area is 139 Å². The van der Waals surface area contributed by atoms with Crippen LogP contribution < -0.4 is 10.1 Å². The predicted molar refractivity (Wildman–Crippen MR) is 89.8 cm³/mol. The number of ether oxygens (including phenoxy) is 1. The zero-order valence-electron chi connectivity index (χ0n) is 13.1. The van der Waals surface area contributed by atoms with Crippen LogP contribution in [0.1, 0.15) is 41.6 Å². The third-order valence-electron chi connectivity index (χ3n) is 4.70. The van der Waals surface area contributed by atoms with Crippen molar-refractivity contribution in [2.45, 2.75) is 31.1 Å². The molecule has 1 aliphatic rings. The lowest BCUT2D eigenvalue weighted by molar-refractivity contribution is 0.0942. The highest BCUT2D eigenvalue weighted by Gasteiger charge is 2.36. The molecule has 0 aliphatic heterocycles. The van der Waals surface area contributed by atoms with Gasteiger partial charge < -0.3 is 10.1 Å². The standard InChI is InChI=1S/C18H20FNO2S/c1-22-16-5-4-13(10-15(16)19)17(21)20-12-18(7-2-3-8-18)14-6-9-23-11-14/h4-6,9-11H,2-3,7-8,12H2,1H3,(H,20,21). The number of nitrogens with one attached hydrogen (secondary N) is 1. The Morgan fingerprint density at radius 1 is 1.35 bits per heavy atom. The molecule has 1 N–H and O–H groups in total. The van der Waals surface area contributed by atoms with Crippen molar-refractivity contribution in [3.63, 3.8) is 0 Å². The van der Waals surface area contributed by atoms with E-state index < -0.39 is 5.82 Å². The minimum atomic E-state index is -0.520. The summed E-state index contributed by atoms with van der Waals surface area (Å²) in [6, 6.07) is 6.44. The molecule has 0 unspecified atom stereocenters. The van der Waals surface area contributed by atoms with Gasteiger partial charge in [-0.1, -0.05) is 12.8 Å². The summed E-state index contributed by atoms with van der Waals surface area (Å²) in [6.07, 6.45) is 4.54. The maximum Gasteiger partial charge on any atom is 0.251 e. The number of carbonyl (C=O) groups excluding carboxylic acids is 1. The van der Waals surface area contributed by atoms with Crippen LogP contribution in [-0.4, -0.2) is 19.6 Å². The summed E-state index contributed by atoms with van der Waals surface area (Å²) in [5.41, 5.74) is 1.66. The monoisotopic (exact) mass is 333 g/mol. The Balaban J connectivity index is 1.71. The highest BCUT2D eigenvalue weighted by molar-refractivity contribution is 7.08. The van der Waals surface area contributed by atoms with Crippen molar-refractivity contribution in [3.8, 4) is 5.75 Å². The van der Waals surface area contributed by atoms with Crippen molar-refractivity contribution >= 4 is 17.2 Å². The molecule has 1 saturated carbocycles. The minimum absolute atomic E-state index is 0.0284. The predicted octanol–water partition coefficient (Wildman–Crippen LogP) is 4.14. The second-order valence-electron chi connectivity index (χ2n) is 6.03. The Morgan fingerprint density at radius 2 is 2.13 bits per heavy atom. The molecule has 0 saturated heterocycles. The summed E-state index contributed by atoms with van der Waals surface area (Å²) >= 11 is 1.69. The van der Waals surface area contributed by atoms with Crippen molar-refractivity contribution in [3.05, 3.63) is 52.0 Å². The van der Waals surface area contributed by atoms with Gasteiger partial charge in [0.1, 0.15) is 0 Å². The number of hydrogen-bond acceptors (Lipinski definition) is 3. The van der Waals surface area contributed by atoms with Gasteiger partial charge in [0.15, 0.2) is 11.6 Å². The number of carbonyl (C=O) groups is 1. The molecule has 23 heavy (non-hydrogen) atoms. The fourth-order valence-electron chi connectivity index (χ4n) is 3.34. The molecule has 122 valence electrons. The van der Waals surface area contributed by atoms with E-state index in [1.807, 2.05) is 0 Å². The van der Waals surface area contributed by atoms with Crippen molar-refractivity contribution in [2.75, 3.05) is 13.7 Å². The molecule has 3 rings (SSSR count). The highest BCUT2D eigenvalue weighted by Crippen LogP contribution is 2.41. The highest BCUT2D eigenvalue weighted by atomic mass is 32.1. The molecule has 0 radical (unpaired) electrons. The van der Waals surface area contributed by atoms with Gasteiger partial charge in [-0.25, -0.2) is 4.39 Å². The molecular weight excluding hydrogens is 313 g/mol. The van der Waals surface area contributed by atoms with Crippen LogP contribution in [0.3, 0.4) is 0 Å². The summed E-state index contributed by atoms with van der Waals surface area (Å²) in [5.74, 6) is -0.617. The van der Waals surface area contributed by atoms with Gasteiger partial charge in [-0.3, -0.25) is 4.79 Å². The van der Waals surface area contributed by atoms with E-state index in [0.29, 0.717) is 12.1 Å². The molecule has 3 nitrogen and oxygen atoms in total. The van der Waals surface area contributed by atoms with E-state index in [0.717, 1.165) is 12.8 Å². The smallest absolute Gasteiger partial charge is 0.251 e. The molecule has 1 heterocycles. The van der Waals surface area contributed by atoms with E-state index in [1.54, 1.807) is 17.4 Å². The first-order chi connectivity index (χ1) is 11.1. The fourth-order valence-corrected chi connectivity index (χ4v) is 4.12. The third-order valence-corrected chi connectivity index (χ3v) is 5.38. The Bertz CT molecular complexity index is 678. The van der Waals surface area contributed by atoms with Gasteiger partial charge >= 0.3 is 0 Å². The molecule has 1 amide bonds. The van der Waals surface area contributed by atoms with Gasteiger partial charge in [0, 0.05) is 17.5 Å². The lowest BCUT2D eigenvalue weighted by Gasteiger charge is -2.28. The number of amides is 1. The van der Waals surface area contributed by atoms with Gasteiger partial charge in [-0.05, 0) is 53.4 Å². The second kappa shape index (κ2) is 6.71. The molecule has 1 aliphatic carbocycles. The Morgan fingerprint density at radius 3 is 2.74 bits per heavy atom. The van der Waals surface area contributed by atoms with E-state index in [9.17, 15) is 9.18 Å². The Kier molecular flexibility index (Phi) is 4.66.